The smallest absolute Gasteiger partial charge is 0.356 e. The van der Waals surface area contributed by atoms with Gasteiger partial charge >= 0.3 is 5.97 Å². The van der Waals surface area contributed by atoms with Crippen molar-refractivity contribution in [2.75, 3.05) is 5.32 Å². The Bertz CT molecular complexity index is 1790. The van der Waals surface area contributed by atoms with Gasteiger partial charge in [-0.05, 0) is 54.6 Å². The number of esters is 1. The zero-order chi connectivity index (χ0) is 27.7. The van der Waals surface area contributed by atoms with Crippen LogP contribution in [0.2, 0.25) is 5.02 Å². The zero-order valence-corrected chi connectivity index (χ0v) is 22.5. The number of nitrogens with one attached hydrogen (secondary N) is 1. The van der Waals surface area contributed by atoms with E-state index in [1.165, 1.54) is 11.6 Å². The van der Waals surface area contributed by atoms with E-state index in [1.807, 2.05) is 31.2 Å². The molecule has 2 aromatic heterocycles. The topological polar surface area (TPSA) is 90.3 Å². The van der Waals surface area contributed by atoms with E-state index in [0.717, 1.165) is 16.6 Å². The summed E-state index contributed by atoms with van der Waals surface area (Å²) in [4.78, 5) is 44.8. The number of amides is 1. The number of carbonyl (C=O) groups excluding carboxylic acids is 2. The molecule has 2 heterocycles. The minimum Gasteiger partial charge on any atom is -0.448 e. The molecule has 196 valence electrons. The lowest BCUT2D eigenvalue weighted by atomic mass is 9.96. The van der Waals surface area contributed by atoms with Crippen molar-refractivity contribution >= 4 is 50.8 Å². The Balaban J connectivity index is 1.54. The first-order chi connectivity index (χ1) is 18.8. The Labute approximate surface area is 230 Å². The highest BCUT2D eigenvalue weighted by molar-refractivity contribution is 6.30. The highest BCUT2D eigenvalue weighted by Crippen LogP contribution is 2.32. The van der Waals surface area contributed by atoms with Crippen molar-refractivity contribution in [3.05, 3.63) is 106 Å². The molecule has 0 saturated carbocycles. The third-order valence-electron chi connectivity index (χ3n) is 6.64. The summed E-state index contributed by atoms with van der Waals surface area (Å²) in [5.41, 5.74) is 3.00. The maximum Gasteiger partial charge on any atom is 0.356 e. The standard InChI is InChI=1S/C31H26ClN3O4/c1-4-26(29(36)34-25-17-18(2)33-24-12-8-7-11-23(24)25)39-31(38)28-27(19-13-15-20(32)16-14-19)21-9-5-6-10-22(21)30(37)35(28)3/h5-17,26H,4H2,1-3H3,(H,33,34,36). The lowest BCUT2D eigenvalue weighted by Gasteiger charge is -2.20. The summed E-state index contributed by atoms with van der Waals surface area (Å²) in [6.07, 6.45) is -0.860. The van der Waals surface area contributed by atoms with E-state index >= 15 is 0 Å². The Morgan fingerprint density at radius 2 is 1.62 bits per heavy atom. The van der Waals surface area contributed by atoms with Crippen LogP contribution >= 0.6 is 11.6 Å². The summed E-state index contributed by atoms with van der Waals surface area (Å²) < 4.78 is 7.06. The van der Waals surface area contributed by atoms with Crippen LogP contribution < -0.4 is 10.9 Å². The molecular weight excluding hydrogens is 514 g/mol. The van der Waals surface area contributed by atoms with Gasteiger partial charge in [0.05, 0.1) is 11.2 Å². The van der Waals surface area contributed by atoms with Crippen molar-refractivity contribution in [2.45, 2.75) is 26.4 Å². The Kier molecular flexibility index (Phi) is 7.17. The van der Waals surface area contributed by atoms with Crippen molar-refractivity contribution in [1.29, 1.82) is 0 Å². The van der Waals surface area contributed by atoms with Gasteiger partial charge in [-0.1, -0.05) is 67.1 Å². The fourth-order valence-corrected chi connectivity index (χ4v) is 4.87. The number of ether oxygens (including phenoxy) is 1. The predicted octanol–water partition coefficient (Wildman–Crippen LogP) is 6.29. The number of aryl methyl sites for hydroxylation is 1. The molecule has 0 fully saturated rings. The summed E-state index contributed by atoms with van der Waals surface area (Å²) >= 11 is 6.12. The number of rotatable bonds is 6. The van der Waals surface area contributed by atoms with E-state index in [0.29, 0.717) is 32.6 Å². The molecule has 1 amide bonds. The Morgan fingerprint density at radius 1 is 0.974 bits per heavy atom. The predicted molar refractivity (Wildman–Crippen MR) is 154 cm³/mol. The number of aromatic nitrogens is 2. The Hall–Kier alpha value is -4.49. The lowest BCUT2D eigenvalue weighted by Crippen LogP contribution is -2.34. The van der Waals surface area contributed by atoms with Crippen LogP contribution in [0.15, 0.2) is 83.7 Å². The van der Waals surface area contributed by atoms with Crippen LogP contribution in [0.5, 0.6) is 0 Å². The second-order valence-corrected chi connectivity index (χ2v) is 9.70. The van der Waals surface area contributed by atoms with Gasteiger partial charge in [0.15, 0.2) is 6.10 Å². The zero-order valence-electron chi connectivity index (χ0n) is 21.7. The number of para-hydroxylation sites is 1. The van der Waals surface area contributed by atoms with Gasteiger partial charge < -0.3 is 14.6 Å². The average Bonchev–Trinajstić information content (AvgIpc) is 2.93. The third-order valence-corrected chi connectivity index (χ3v) is 6.90. The molecule has 0 aliphatic heterocycles. The highest BCUT2D eigenvalue weighted by Gasteiger charge is 2.28. The molecular formula is C31H26ClN3O4. The summed E-state index contributed by atoms with van der Waals surface area (Å²) in [5, 5.41) is 5.29. The summed E-state index contributed by atoms with van der Waals surface area (Å²) in [6.45, 7) is 3.60. The van der Waals surface area contributed by atoms with Crippen LogP contribution in [-0.4, -0.2) is 27.5 Å². The van der Waals surface area contributed by atoms with E-state index in [1.54, 1.807) is 61.5 Å². The molecule has 1 N–H and O–H groups in total. The van der Waals surface area contributed by atoms with Gasteiger partial charge in [-0.15, -0.1) is 0 Å². The largest absolute Gasteiger partial charge is 0.448 e. The fraction of sp³-hybridized carbons (Fsp3) is 0.161. The number of nitrogens with zero attached hydrogens (tertiary/aromatic N) is 2. The van der Waals surface area contributed by atoms with Crippen molar-refractivity contribution < 1.29 is 14.3 Å². The van der Waals surface area contributed by atoms with E-state index in [9.17, 15) is 14.4 Å². The van der Waals surface area contributed by atoms with Crippen molar-refractivity contribution in [3.63, 3.8) is 0 Å². The fourth-order valence-electron chi connectivity index (χ4n) is 4.74. The number of halogens is 1. The number of benzene rings is 3. The van der Waals surface area contributed by atoms with Crippen molar-refractivity contribution in [3.8, 4) is 11.1 Å². The molecule has 1 atom stereocenters. The van der Waals surface area contributed by atoms with Crippen LogP contribution in [0.1, 0.15) is 29.5 Å². The minimum atomic E-state index is -1.09. The van der Waals surface area contributed by atoms with E-state index in [-0.39, 0.29) is 17.7 Å². The maximum absolute atomic E-state index is 13.7. The van der Waals surface area contributed by atoms with Gasteiger partial charge in [-0.2, -0.15) is 0 Å². The molecule has 39 heavy (non-hydrogen) atoms. The number of hydrogen-bond acceptors (Lipinski definition) is 5. The first kappa shape index (κ1) is 26.1. The quantitative estimate of drug-likeness (QED) is 0.256. The first-order valence-corrected chi connectivity index (χ1v) is 12.9. The monoisotopic (exact) mass is 539 g/mol. The molecule has 7 nitrogen and oxygen atoms in total. The number of pyridine rings is 2. The molecule has 0 spiro atoms. The van der Waals surface area contributed by atoms with Gasteiger partial charge in [0.2, 0.25) is 0 Å². The molecule has 0 radical (unpaired) electrons. The van der Waals surface area contributed by atoms with Gasteiger partial charge in [0, 0.05) is 34.1 Å². The second kappa shape index (κ2) is 10.7. The number of carbonyl (C=O) groups is 2. The summed E-state index contributed by atoms with van der Waals surface area (Å²) in [7, 11) is 1.53. The summed E-state index contributed by atoms with van der Waals surface area (Å²) in [5.74, 6) is -1.25. The first-order valence-electron chi connectivity index (χ1n) is 12.5. The second-order valence-electron chi connectivity index (χ2n) is 9.26. The number of anilines is 1. The van der Waals surface area contributed by atoms with Gasteiger partial charge in [0.25, 0.3) is 11.5 Å². The molecule has 3 aromatic carbocycles. The molecule has 1 unspecified atom stereocenters. The molecule has 8 heteroatoms. The maximum atomic E-state index is 13.7. The average molecular weight is 540 g/mol. The molecule has 0 aliphatic rings. The molecule has 5 rings (SSSR count). The number of hydrogen-bond donors (Lipinski definition) is 1. The van der Waals surface area contributed by atoms with Crippen LogP contribution in [0.3, 0.4) is 0 Å². The summed E-state index contributed by atoms with van der Waals surface area (Å²) in [6, 6.07) is 23.3. The SMILES string of the molecule is CCC(OC(=O)c1c(-c2ccc(Cl)cc2)c2ccccc2c(=O)n1C)C(=O)Nc1cc(C)nc2ccccc12. The Morgan fingerprint density at radius 3 is 2.31 bits per heavy atom. The molecule has 0 bridgehead atoms. The molecule has 5 aromatic rings. The van der Waals surface area contributed by atoms with E-state index in [2.05, 4.69) is 10.3 Å². The molecule has 0 aliphatic carbocycles. The van der Waals surface area contributed by atoms with Gasteiger partial charge in [0.1, 0.15) is 5.69 Å². The van der Waals surface area contributed by atoms with Crippen LogP contribution in [0.25, 0.3) is 32.8 Å². The normalized spacial score (nSPS) is 11.9. The van der Waals surface area contributed by atoms with Crippen LogP contribution in [0.4, 0.5) is 5.69 Å². The molecule has 0 saturated heterocycles. The highest BCUT2D eigenvalue weighted by atomic mass is 35.5. The van der Waals surface area contributed by atoms with E-state index < -0.39 is 18.0 Å². The van der Waals surface area contributed by atoms with Crippen molar-refractivity contribution in [1.82, 2.24) is 9.55 Å². The van der Waals surface area contributed by atoms with Gasteiger partial charge in [-0.25, -0.2) is 4.79 Å². The van der Waals surface area contributed by atoms with Crippen LogP contribution in [-0.2, 0) is 16.6 Å². The lowest BCUT2D eigenvalue weighted by molar-refractivity contribution is -0.124. The van der Waals surface area contributed by atoms with Crippen molar-refractivity contribution in [2.24, 2.45) is 7.05 Å². The van der Waals surface area contributed by atoms with Crippen LogP contribution in [0, 0.1) is 6.92 Å². The van der Waals surface area contributed by atoms with Gasteiger partial charge in [-0.3, -0.25) is 14.6 Å². The van der Waals surface area contributed by atoms with E-state index in [4.69, 9.17) is 16.3 Å². The third kappa shape index (κ3) is 5.01. The number of fused-ring (bicyclic) bond motifs is 2. The minimum absolute atomic E-state index is 0.0532.